The summed E-state index contributed by atoms with van der Waals surface area (Å²) in [5.41, 5.74) is 0.297. The highest BCUT2D eigenvalue weighted by molar-refractivity contribution is 9.11. The lowest BCUT2D eigenvalue weighted by Gasteiger charge is -2.39. The Morgan fingerprint density at radius 3 is 2.04 bits per heavy atom. The van der Waals surface area contributed by atoms with Crippen LogP contribution in [0.4, 0.5) is 10.5 Å². The van der Waals surface area contributed by atoms with E-state index in [0.29, 0.717) is 15.7 Å². The average Bonchev–Trinajstić information content (AvgIpc) is 2.34. The molecule has 0 aliphatic carbocycles. The van der Waals surface area contributed by atoms with E-state index < -0.39 is 20.4 Å². The zero-order valence-corrected chi connectivity index (χ0v) is 17.0. The topological polar surface area (TPSA) is 58.6 Å². The minimum atomic E-state index is -2.21. The standard InChI is InChI=1S/C12H10BrCl5N2O3/c1-6(21)23-12(18,11(13,16)17)20(2)10(22)19-9-4-7(14)3-8(15)5-9/h3-5H,1-2H3,(H,19,22). The van der Waals surface area contributed by atoms with Crippen molar-refractivity contribution in [2.75, 3.05) is 12.4 Å². The molecule has 23 heavy (non-hydrogen) atoms. The summed E-state index contributed by atoms with van der Waals surface area (Å²) in [6.07, 6.45) is 0. The zero-order valence-electron chi connectivity index (χ0n) is 11.7. The molecule has 0 saturated carbocycles. The summed E-state index contributed by atoms with van der Waals surface area (Å²) in [6.45, 7) is 1.09. The molecule has 0 heterocycles. The van der Waals surface area contributed by atoms with Crippen LogP contribution in [0.2, 0.25) is 10.0 Å². The molecule has 0 fully saturated rings. The summed E-state index contributed by atoms with van der Waals surface area (Å²) >= 11 is 32.5. The number of urea groups is 1. The first kappa shape index (κ1) is 20.9. The number of rotatable bonds is 4. The monoisotopic (exact) mass is 484 g/mol. The molecule has 1 rings (SSSR count). The van der Waals surface area contributed by atoms with Crippen molar-refractivity contribution in [2.45, 2.75) is 15.4 Å². The van der Waals surface area contributed by atoms with Crippen molar-refractivity contribution >= 4 is 91.6 Å². The van der Waals surface area contributed by atoms with Gasteiger partial charge in [-0.1, -0.05) is 46.4 Å². The second kappa shape index (κ2) is 7.85. The Bertz CT molecular complexity index is 605. The van der Waals surface area contributed by atoms with E-state index >= 15 is 0 Å². The number of carbonyl (C=O) groups is 2. The maximum atomic E-state index is 12.3. The number of carbonyl (C=O) groups excluding carboxylic acids is 2. The van der Waals surface area contributed by atoms with Gasteiger partial charge in [-0.15, -0.1) is 0 Å². The molecule has 5 nitrogen and oxygen atoms in total. The maximum absolute atomic E-state index is 12.3. The van der Waals surface area contributed by atoms with E-state index in [-0.39, 0.29) is 0 Å². The number of alkyl halides is 4. The molecular formula is C12H10BrCl5N2O3. The van der Waals surface area contributed by atoms with Crippen LogP contribution >= 0.6 is 73.9 Å². The number of amides is 2. The summed E-state index contributed by atoms with van der Waals surface area (Å²) in [7, 11) is 1.23. The SMILES string of the molecule is CC(=O)OC(Cl)(N(C)C(=O)Nc1cc(Cl)cc(Cl)c1)C(Cl)(Cl)Br. The van der Waals surface area contributed by atoms with E-state index in [0.717, 1.165) is 11.8 Å². The molecule has 1 N–H and O–H groups in total. The van der Waals surface area contributed by atoms with Gasteiger partial charge in [0.15, 0.2) is 0 Å². The van der Waals surface area contributed by atoms with E-state index in [1.807, 2.05) is 0 Å². The molecule has 0 aliphatic heterocycles. The number of anilines is 1. The number of nitrogens with one attached hydrogen (secondary N) is 1. The molecule has 0 aliphatic rings. The van der Waals surface area contributed by atoms with Gasteiger partial charge in [-0.05, 0) is 45.7 Å². The summed E-state index contributed by atoms with van der Waals surface area (Å²) in [6, 6.07) is 3.64. The normalized spacial score (nSPS) is 13.9. The fourth-order valence-electron chi connectivity index (χ4n) is 1.47. The van der Waals surface area contributed by atoms with Gasteiger partial charge < -0.3 is 10.1 Å². The highest BCUT2D eigenvalue weighted by atomic mass is 79.9. The number of hydrogen-bond donors (Lipinski definition) is 1. The van der Waals surface area contributed by atoms with Crippen LogP contribution in [0, 0.1) is 0 Å². The van der Waals surface area contributed by atoms with Crippen LogP contribution in [-0.4, -0.2) is 32.4 Å². The van der Waals surface area contributed by atoms with Crippen LogP contribution in [0.15, 0.2) is 18.2 Å². The van der Waals surface area contributed by atoms with E-state index in [1.165, 1.54) is 25.2 Å². The van der Waals surface area contributed by atoms with Crippen molar-refractivity contribution in [2.24, 2.45) is 0 Å². The molecular weight excluding hydrogens is 477 g/mol. The second-order valence-electron chi connectivity index (χ2n) is 4.30. The Labute approximate surface area is 166 Å². The molecule has 1 aromatic rings. The predicted molar refractivity (Wildman–Crippen MR) is 97.0 cm³/mol. The first-order valence-corrected chi connectivity index (χ1v) is 8.51. The summed E-state index contributed by atoms with van der Waals surface area (Å²) < 4.78 is 2.92. The Balaban J connectivity index is 3.06. The van der Waals surface area contributed by atoms with Crippen molar-refractivity contribution < 1.29 is 14.3 Å². The van der Waals surface area contributed by atoms with Gasteiger partial charge in [0.2, 0.25) is 3.24 Å². The van der Waals surface area contributed by atoms with Crippen LogP contribution in [0.1, 0.15) is 6.92 Å². The first-order chi connectivity index (χ1) is 10.4. The quantitative estimate of drug-likeness (QED) is 0.266. The molecule has 2 amide bonds. The Morgan fingerprint density at radius 2 is 1.65 bits per heavy atom. The summed E-state index contributed by atoms with van der Waals surface area (Å²) in [5.74, 6) is -0.796. The van der Waals surface area contributed by atoms with Crippen LogP contribution in [0.25, 0.3) is 0 Å². The number of ether oxygens (including phenoxy) is 1. The van der Waals surface area contributed by atoms with E-state index in [4.69, 9.17) is 62.7 Å². The lowest BCUT2D eigenvalue weighted by atomic mass is 10.3. The summed E-state index contributed by atoms with van der Waals surface area (Å²) in [4.78, 5) is 24.4. The highest BCUT2D eigenvalue weighted by Gasteiger charge is 2.55. The molecule has 0 saturated heterocycles. The second-order valence-corrected chi connectivity index (χ2v) is 9.12. The lowest BCUT2D eigenvalue weighted by molar-refractivity contribution is -0.157. The number of benzene rings is 1. The van der Waals surface area contributed by atoms with Gasteiger partial charge >= 0.3 is 17.2 Å². The minimum absolute atomic E-state index is 0.297. The van der Waals surface area contributed by atoms with Crippen LogP contribution in [0.3, 0.4) is 0 Å². The third kappa shape index (κ3) is 5.44. The molecule has 1 unspecified atom stereocenters. The smallest absolute Gasteiger partial charge is 0.325 e. The fraction of sp³-hybridized carbons (Fsp3) is 0.333. The molecule has 0 spiro atoms. The van der Waals surface area contributed by atoms with Crippen molar-refractivity contribution in [1.82, 2.24) is 4.90 Å². The zero-order chi connectivity index (χ0) is 18.0. The number of esters is 1. The van der Waals surface area contributed by atoms with Crippen molar-refractivity contribution in [3.63, 3.8) is 0 Å². The van der Waals surface area contributed by atoms with Gasteiger partial charge in [0.25, 0.3) is 0 Å². The third-order valence-electron chi connectivity index (χ3n) is 2.48. The predicted octanol–water partition coefficient (Wildman–Crippen LogP) is 5.44. The van der Waals surface area contributed by atoms with Gasteiger partial charge in [-0.3, -0.25) is 9.69 Å². The van der Waals surface area contributed by atoms with Gasteiger partial charge in [0.1, 0.15) is 0 Å². The van der Waals surface area contributed by atoms with Gasteiger partial charge in [0.05, 0.1) is 0 Å². The van der Waals surface area contributed by atoms with Crippen LogP contribution < -0.4 is 5.32 Å². The lowest BCUT2D eigenvalue weighted by Crippen LogP contribution is -2.57. The molecule has 128 valence electrons. The molecule has 0 aromatic heterocycles. The fourth-order valence-corrected chi connectivity index (χ4v) is 2.86. The Kier molecular flexibility index (Phi) is 7.14. The van der Waals surface area contributed by atoms with E-state index in [2.05, 4.69) is 21.2 Å². The van der Waals surface area contributed by atoms with Crippen molar-refractivity contribution in [1.29, 1.82) is 0 Å². The molecule has 0 radical (unpaired) electrons. The Hall–Kier alpha value is -0.110. The maximum Gasteiger partial charge on any atom is 0.325 e. The number of nitrogens with zero attached hydrogens (tertiary/aromatic N) is 1. The first-order valence-electron chi connectivity index (χ1n) is 5.83. The highest BCUT2D eigenvalue weighted by Crippen LogP contribution is 2.47. The third-order valence-corrected chi connectivity index (χ3v) is 5.00. The van der Waals surface area contributed by atoms with E-state index in [1.54, 1.807) is 0 Å². The largest absolute Gasteiger partial charge is 0.420 e. The van der Waals surface area contributed by atoms with Crippen molar-refractivity contribution in [3.8, 4) is 0 Å². The van der Waals surface area contributed by atoms with Gasteiger partial charge in [0, 0.05) is 29.7 Å². The molecule has 0 bridgehead atoms. The average molecular weight is 487 g/mol. The number of hydrogen-bond acceptors (Lipinski definition) is 3. The molecule has 1 atom stereocenters. The van der Waals surface area contributed by atoms with Crippen LogP contribution in [-0.2, 0) is 9.53 Å². The van der Waals surface area contributed by atoms with E-state index in [9.17, 15) is 9.59 Å². The summed E-state index contributed by atoms with van der Waals surface area (Å²) in [5, 5.41) is 0.898. The van der Waals surface area contributed by atoms with Gasteiger partial charge in [-0.25, -0.2) is 4.79 Å². The van der Waals surface area contributed by atoms with Crippen LogP contribution in [0.5, 0.6) is 0 Å². The molecule has 1 aromatic carbocycles. The Morgan fingerprint density at radius 1 is 1.17 bits per heavy atom. The molecule has 11 heteroatoms. The van der Waals surface area contributed by atoms with Crippen molar-refractivity contribution in [3.05, 3.63) is 28.2 Å². The van der Waals surface area contributed by atoms with Gasteiger partial charge in [-0.2, -0.15) is 0 Å². The minimum Gasteiger partial charge on any atom is -0.420 e. The number of halogens is 6.